The first-order valence-corrected chi connectivity index (χ1v) is 7.32. The monoisotopic (exact) mass is 363 g/mol. The molecule has 1 aromatic carbocycles. The number of rotatable bonds is 6. The molecule has 22 heavy (non-hydrogen) atoms. The molecule has 1 amide bonds. The number of carbonyl (C=O) groups is 2. The third kappa shape index (κ3) is 5.57. The largest absolute Gasteiger partial charge is 0.467 e. The van der Waals surface area contributed by atoms with Crippen molar-refractivity contribution >= 4 is 33.9 Å². The Morgan fingerprint density at radius 2 is 2.14 bits per heavy atom. The maximum Gasteiger partial charge on any atom is 0.331 e. The standard InChI is InChI=1S/C16H14BrNO4/c17-13-4-1-3-12(9-13)6-7-16(20)22-11-15(19)18-10-14-5-2-8-21-14/h1-9H,10-11H2,(H,18,19)/b7-6-. The Balaban J connectivity index is 1.71. The van der Waals surface area contributed by atoms with E-state index in [9.17, 15) is 9.59 Å². The summed E-state index contributed by atoms with van der Waals surface area (Å²) in [6, 6.07) is 10.9. The Morgan fingerprint density at radius 3 is 2.86 bits per heavy atom. The summed E-state index contributed by atoms with van der Waals surface area (Å²) in [7, 11) is 0. The number of nitrogens with one attached hydrogen (secondary N) is 1. The quantitative estimate of drug-likeness (QED) is 0.632. The molecule has 0 aliphatic carbocycles. The smallest absolute Gasteiger partial charge is 0.331 e. The first kappa shape index (κ1) is 16.0. The summed E-state index contributed by atoms with van der Waals surface area (Å²) in [5, 5.41) is 2.58. The lowest BCUT2D eigenvalue weighted by Crippen LogP contribution is -2.27. The summed E-state index contributed by atoms with van der Waals surface area (Å²) in [4.78, 5) is 23.0. The summed E-state index contributed by atoms with van der Waals surface area (Å²) in [5.74, 6) is -0.331. The Bertz CT molecular complexity index is 665. The van der Waals surface area contributed by atoms with E-state index in [-0.39, 0.29) is 19.1 Å². The zero-order valence-corrected chi connectivity index (χ0v) is 13.2. The van der Waals surface area contributed by atoms with Gasteiger partial charge in [0.05, 0.1) is 12.8 Å². The highest BCUT2D eigenvalue weighted by molar-refractivity contribution is 9.10. The van der Waals surface area contributed by atoms with Crippen LogP contribution in [0.3, 0.4) is 0 Å². The Morgan fingerprint density at radius 1 is 1.27 bits per heavy atom. The number of hydrogen-bond acceptors (Lipinski definition) is 4. The number of esters is 1. The van der Waals surface area contributed by atoms with Crippen LogP contribution in [0, 0.1) is 0 Å². The van der Waals surface area contributed by atoms with Gasteiger partial charge in [0.25, 0.3) is 5.91 Å². The lowest BCUT2D eigenvalue weighted by molar-refractivity contribution is -0.143. The number of amides is 1. The molecule has 0 saturated heterocycles. The zero-order valence-electron chi connectivity index (χ0n) is 11.6. The van der Waals surface area contributed by atoms with Crippen LogP contribution in [0.25, 0.3) is 6.08 Å². The van der Waals surface area contributed by atoms with Crippen molar-refractivity contribution < 1.29 is 18.7 Å². The van der Waals surface area contributed by atoms with E-state index >= 15 is 0 Å². The molecule has 114 valence electrons. The van der Waals surface area contributed by atoms with E-state index in [2.05, 4.69) is 21.2 Å². The Hall–Kier alpha value is -2.34. The Kier molecular flexibility index (Phi) is 5.97. The fourth-order valence-electron chi connectivity index (χ4n) is 1.61. The van der Waals surface area contributed by atoms with Crippen LogP contribution < -0.4 is 5.32 Å². The van der Waals surface area contributed by atoms with Crippen molar-refractivity contribution in [1.82, 2.24) is 5.32 Å². The number of benzene rings is 1. The van der Waals surface area contributed by atoms with Crippen LogP contribution in [-0.2, 0) is 20.9 Å². The topological polar surface area (TPSA) is 68.5 Å². The molecule has 0 aliphatic rings. The lowest BCUT2D eigenvalue weighted by Gasteiger charge is -2.03. The third-order valence-corrected chi connectivity index (χ3v) is 3.14. The molecule has 0 aliphatic heterocycles. The molecule has 0 radical (unpaired) electrons. The van der Waals surface area contributed by atoms with Gasteiger partial charge < -0.3 is 14.5 Å². The van der Waals surface area contributed by atoms with Crippen molar-refractivity contribution in [3.8, 4) is 0 Å². The van der Waals surface area contributed by atoms with Gasteiger partial charge >= 0.3 is 5.97 Å². The predicted octanol–water partition coefficient (Wildman–Crippen LogP) is 2.91. The van der Waals surface area contributed by atoms with Crippen LogP contribution in [0.2, 0.25) is 0 Å². The second-order valence-electron chi connectivity index (χ2n) is 4.35. The molecule has 1 N–H and O–H groups in total. The molecule has 0 saturated carbocycles. The van der Waals surface area contributed by atoms with Crippen LogP contribution in [0.1, 0.15) is 11.3 Å². The lowest BCUT2D eigenvalue weighted by atomic mass is 10.2. The van der Waals surface area contributed by atoms with Gasteiger partial charge in [-0.15, -0.1) is 0 Å². The number of furan rings is 1. The number of carbonyl (C=O) groups excluding carboxylic acids is 2. The van der Waals surface area contributed by atoms with Crippen molar-refractivity contribution in [2.45, 2.75) is 6.54 Å². The number of hydrogen-bond donors (Lipinski definition) is 1. The zero-order chi connectivity index (χ0) is 15.8. The van der Waals surface area contributed by atoms with Crippen LogP contribution in [0.5, 0.6) is 0 Å². The van der Waals surface area contributed by atoms with Gasteiger partial charge in [-0.3, -0.25) is 4.79 Å². The van der Waals surface area contributed by atoms with E-state index in [4.69, 9.17) is 9.15 Å². The fraction of sp³-hybridized carbons (Fsp3) is 0.125. The maximum atomic E-state index is 11.5. The van der Waals surface area contributed by atoms with Crippen molar-refractivity contribution in [2.75, 3.05) is 6.61 Å². The molecule has 1 heterocycles. The number of halogens is 1. The van der Waals surface area contributed by atoms with Gasteiger partial charge in [-0.2, -0.15) is 0 Å². The highest BCUT2D eigenvalue weighted by Gasteiger charge is 2.05. The molecule has 0 atom stereocenters. The molecule has 6 heteroatoms. The highest BCUT2D eigenvalue weighted by Crippen LogP contribution is 2.12. The van der Waals surface area contributed by atoms with E-state index < -0.39 is 5.97 Å². The normalized spacial score (nSPS) is 10.6. The van der Waals surface area contributed by atoms with Crippen LogP contribution >= 0.6 is 15.9 Å². The van der Waals surface area contributed by atoms with E-state index in [1.165, 1.54) is 12.3 Å². The van der Waals surface area contributed by atoms with E-state index in [1.807, 2.05) is 24.3 Å². The SMILES string of the molecule is O=C(COC(=O)/C=C\c1cccc(Br)c1)NCc1ccco1. The minimum Gasteiger partial charge on any atom is -0.467 e. The summed E-state index contributed by atoms with van der Waals surface area (Å²) in [6.45, 7) is -0.0698. The summed E-state index contributed by atoms with van der Waals surface area (Å²) >= 11 is 3.34. The van der Waals surface area contributed by atoms with Crippen molar-refractivity contribution in [1.29, 1.82) is 0 Å². The maximum absolute atomic E-state index is 11.5. The molecule has 1 aromatic heterocycles. The molecule has 0 spiro atoms. The first-order valence-electron chi connectivity index (χ1n) is 6.53. The van der Waals surface area contributed by atoms with Gasteiger partial charge in [0, 0.05) is 10.5 Å². The second-order valence-corrected chi connectivity index (χ2v) is 5.27. The minimum atomic E-state index is -0.576. The first-order chi connectivity index (χ1) is 10.6. The molecule has 2 aromatic rings. The van der Waals surface area contributed by atoms with Crippen LogP contribution in [0.4, 0.5) is 0 Å². The molecular formula is C16H14BrNO4. The van der Waals surface area contributed by atoms with Crippen LogP contribution in [-0.4, -0.2) is 18.5 Å². The van der Waals surface area contributed by atoms with Crippen molar-refractivity contribution in [3.63, 3.8) is 0 Å². The predicted molar refractivity (Wildman–Crippen MR) is 84.7 cm³/mol. The molecule has 2 rings (SSSR count). The Labute approximate surface area is 136 Å². The fourth-order valence-corrected chi connectivity index (χ4v) is 2.03. The van der Waals surface area contributed by atoms with Gasteiger partial charge in [0.2, 0.25) is 0 Å². The van der Waals surface area contributed by atoms with Crippen molar-refractivity contribution in [3.05, 3.63) is 64.5 Å². The summed E-state index contributed by atoms with van der Waals surface area (Å²) in [6.07, 6.45) is 4.42. The minimum absolute atomic E-state index is 0.261. The van der Waals surface area contributed by atoms with Gasteiger partial charge in [-0.1, -0.05) is 28.1 Å². The van der Waals surface area contributed by atoms with E-state index in [0.29, 0.717) is 5.76 Å². The second kappa shape index (κ2) is 8.19. The van der Waals surface area contributed by atoms with Gasteiger partial charge in [0.1, 0.15) is 5.76 Å². The highest BCUT2D eigenvalue weighted by atomic mass is 79.9. The van der Waals surface area contributed by atoms with Gasteiger partial charge in [-0.05, 0) is 35.9 Å². The van der Waals surface area contributed by atoms with E-state index in [1.54, 1.807) is 18.2 Å². The van der Waals surface area contributed by atoms with Gasteiger partial charge in [-0.25, -0.2) is 4.79 Å². The average molecular weight is 364 g/mol. The molecule has 5 nitrogen and oxygen atoms in total. The summed E-state index contributed by atoms with van der Waals surface area (Å²) < 4.78 is 10.8. The molecule has 0 fully saturated rings. The van der Waals surface area contributed by atoms with Crippen molar-refractivity contribution in [2.24, 2.45) is 0 Å². The third-order valence-electron chi connectivity index (χ3n) is 2.65. The van der Waals surface area contributed by atoms with E-state index in [0.717, 1.165) is 10.0 Å². The molecule has 0 bridgehead atoms. The molecule has 0 unspecified atom stereocenters. The average Bonchev–Trinajstić information content (AvgIpc) is 3.02. The molecular weight excluding hydrogens is 350 g/mol. The van der Waals surface area contributed by atoms with Crippen LogP contribution in [0.15, 0.2) is 57.6 Å². The van der Waals surface area contributed by atoms with Gasteiger partial charge in [0.15, 0.2) is 6.61 Å². The number of ether oxygens (including phenoxy) is 1. The summed E-state index contributed by atoms with van der Waals surface area (Å²) in [5.41, 5.74) is 0.855.